The van der Waals surface area contributed by atoms with Gasteiger partial charge in [-0.15, -0.1) is 0 Å². The number of amides is 1. The minimum absolute atomic E-state index is 0.0187. The zero-order valence-electron chi connectivity index (χ0n) is 19.7. The molecule has 2 aromatic heterocycles. The summed E-state index contributed by atoms with van der Waals surface area (Å²) in [6, 6.07) is 17.4. The van der Waals surface area contributed by atoms with Gasteiger partial charge in [-0.2, -0.15) is 5.10 Å². The molecule has 0 bridgehead atoms. The molecule has 0 unspecified atom stereocenters. The molecule has 184 valence electrons. The van der Waals surface area contributed by atoms with Gasteiger partial charge in [0.2, 0.25) is 0 Å². The SMILES string of the molecule is Cc1c(C(O)=C2C(=O)C(=O)N(Cc3cccnc3)[C@@H]2c2cccc([N+](=O)[O-])c2)cnn1-c1ccccc1. The van der Waals surface area contributed by atoms with Crippen molar-refractivity contribution in [2.24, 2.45) is 0 Å². The van der Waals surface area contributed by atoms with E-state index in [1.807, 2.05) is 30.3 Å². The van der Waals surface area contributed by atoms with Crippen LogP contribution in [0.15, 0.2) is 90.9 Å². The second-order valence-electron chi connectivity index (χ2n) is 8.53. The van der Waals surface area contributed by atoms with Crippen LogP contribution in [0.1, 0.15) is 28.4 Å². The summed E-state index contributed by atoms with van der Waals surface area (Å²) in [5.74, 6) is -2.11. The zero-order valence-corrected chi connectivity index (χ0v) is 19.7. The first-order valence-electron chi connectivity index (χ1n) is 11.4. The molecule has 1 atom stereocenters. The molecule has 1 amide bonds. The van der Waals surface area contributed by atoms with Crippen molar-refractivity contribution in [2.45, 2.75) is 19.5 Å². The fraction of sp³-hybridized carbons (Fsp3) is 0.111. The highest BCUT2D eigenvalue weighted by molar-refractivity contribution is 6.46. The number of aromatic nitrogens is 3. The maximum absolute atomic E-state index is 13.3. The summed E-state index contributed by atoms with van der Waals surface area (Å²) < 4.78 is 1.61. The van der Waals surface area contributed by atoms with E-state index >= 15 is 0 Å². The number of hydrogen-bond acceptors (Lipinski definition) is 7. The molecule has 0 radical (unpaired) electrons. The number of nitrogens with zero attached hydrogens (tertiary/aromatic N) is 5. The molecule has 0 spiro atoms. The number of hydrogen-bond donors (Lipinski definition) is 1. The number of para-hydroxylation sites is 1. The second-order valence-corrected chi connectivity index (χ2v) is 8.53. The number of rotatable bonds is 6. The van der Waals surface area contributed by atoms with Gasteiger partial charge in [-0.1, -0.05) is 36.4 Å². The zero-order chi connectivity index (χ0) is 26.1. The topological polar surface area (TPSA) is 131 Å². The van der Waals surface area contributed by atoms with Crippen LogP contribution in [0.5, 0.6) is 0 Å². The van der Waals surface area contributed by atoms with Crippen molar-refractivity contribution in [3.8, 4) is 5.69 Å². The highest BCUT2D eigenvalue weighted by Crippen LogP contribution is 2.41. The third-order valence-corrected chi connectivity index (χ3v) is 6.28. The van der Waals surface area contributed by atoms with Crippen LogP contribution in [-0.2, 0) is 16.1 Å². The van der Waals surface area contributed by atoms with Crippen LogP contribution < -0.4 is 0 Å². The highest BCUT2D eigenvalue weighted by atomic mass is 16.6. The van der Waals surface area contributed by atoms with Crippen LogP contribution in [0, 0.1) is 17.0 Å². The largest absolute Gasteiger partial charge is 0.507 e. The number of benzene rings is 2. The molecule has 1 aliphatic heterocycles. The number of non-ortho nitro benzene ring substituents is 1. The lowest BCUT2D eigenvalue weighted by molar-refractivity contribution is -0.384. The number of carbonyl (C=O) groups excluding carboxylic acids is 2. The average Bonchev–Trinajstić information content (AvgIpc) is 3.42. The minimum atomic E-state index is -1.06. The molecule has 0 saturated carbocycles. The molecule has 10 heteroatoms. The Bertz CT molecular complexity index is 1550. The smallest absolute Gasteiger partial charge is 0.295 e. The van der Waals surface area contributed by atoms with Gasteiger partial charge in [0.1, 0.15) is 5.76 Å². The van der Waals surface area contributed by atoms with Gasteiger partial charge in [0.15, 0.2) is 0 Å². The number of likely N-dealkylation sites (tertiary alicyclic amines) is 1. The van der Waals surface area contributed by atoms with E-state index in [0.29, 0.717) is 16.8 Å². The van der Waals surface area contributed by atoms with Gasteiger partial charge in [-0.05, 0) is 36.2 Å². The summed E-state index contributed by atoms with van der Waals surface area (Å²) in [4.78, 5) is 42.8. The summed E-state index contributed by atoms with van der Waals surface area (Å²) in [7, 11) is 0. The van der Waals surface area contributed by atoms with E-state index in [0.717, 1.165) is 5.69 Å². The minimum Gasteiger partial charge on any atom is -0.507 e. The van der Waals surface area contributed by atoms with Crippen LogP contribution in [0.2, 0.25) is 0 Å². The molecule has 37 heavy (non-hydrogen) atoms. The van der Waals surface area contributed by atoms with E-state index in [1.54, 1.807) is 42.2 Å². The van der Waals surface area contributed by atoms with Crippen LogP contribution in [-0.4, -0.2) is 41.4 Å². The van der Waals surface area contributed by atoms with Crippen molar-refractivity contribution < 1.29 is 19.6 Å². The quantitative estimate of drug-likeness (QED) is 0.140. The van der Waals surface area contributed by atoms with Crippen molar-refractivity contribution >= 4 is 23.1 Å². The van der Waals surface area contributed by atoms with Crippen LogP contribution >= 0.6 is 0 Å². The third-order valence-electron chi connectivity index (χ3n) is 6.28. The lowest BCUT2D eigenvalue weighted by Crippen LogP contribution is -2.29. The first-order valence-corrected chi connectivity index (χ1v) is 11.4. The van der Waals surface area contributed by atoms with Crippen molar-refractivity contribution in [3.05, 3.63) is 123 Å². The van der Waals surface area contributed by atoms with Crippen molar-refractivity contribution in [3.63, 3.8) is 0 Å². The average molecular weight is 495 g/mol. The molecule has 1 N–H and O–H groups in total. The number of ketones is 1. The Morgan fingerprint density at radius 3 is 2.54 bits per heavy atom. The van der Waals surface area contributed by atoms with E-state index in [1.165, 1.54) is 29.3 Å². The van der Waals surface area contributed by atoms with Crippen molar-refractivity contribution in [2.75, 3.05) is 0 Å². The number of nitro groups is 1. The molecular formula is C27H21N5O5. The molecule has 4 aromatic rings. The van der Waals surface area contributed by atoms with Crippen molar-refractivity contribution in [1.29, 1.82) is 0 Å². The summed E-state index contributed by atoms with van der Waals surface area (Å²) in [6.45, 7) is 1.76. The van der Waals surface area contributed by atoms with E-state index in [2.05, 4.69) is 10.1 Å². The molecule has 10 nitrogen and oxygen atoms in total. The standard InChI is InChI=1S/C27H21N5O5/c1-17-22(15-29-31(17)20-9-3-2-4-10-20)25(33)23-24(19-8-5-11-21(13-19)32(36)37)30(27(35)26(23)34)16-18-7-6-12-28-14-18/h2-15,24,33H,16H2,1H3/t24-/m1/s1. The molecular weight excluding hydrogens is 474 g/mol. The monoisotopic (exact) mass is 495 g/mol. The Hall–Kier alpha value is -5.12. The summed E-state index contributed by atoms with van der Waals surface area (Å²) >= 11 is 0. The van der Waals surface area contributed by atoms with E-state index in [-0.39, 0.29) is 23.4 Å². The van der Waals surface area contributed by atoms with Gasteiger partial charge in [-0.25, -0.2) is 4.68 Å². The Balaban J connectivity index is 1.67. The summed E-state index contributed by atoms with van der Waals surface area (Å²) in [6.07, 6.45) is 4.58. The molecule has 5 rings (SSSR count). The molecule has 2 aromatic carbocycles. The van der Waals surface area contributed by atoms with Crippen LogP contribution in [0.25, 0.3) is 11.4 Å². The lowest BCUT2D eigenvalue weighted by Gasteiger charge is -2.25. The Morgan fingerprint density at radius 2 is 1.84 bits per heavy atom. The van der Waals surface area contributed by atoms with Gasteiger partial charge in [0.25, 0.3) is 17.4 Å². The number of pyridine rings is 1. The van der Waals surface area contributed by atoms with Gasteiger partial charge in [0, 0.05) is 31.1 Å². The van der Waals surface area contributed by atoms with Gasteiger partial charge in [-0.3, -0.25) is 24.7 Å². The number of Topliss-reactive ketones (excluding diaryl/α,β-unsaturated/α-hetero) is 1. The Kier molecular flexibility index (Phi) is 6.06. The van der Waals surface area contributed by atoms with E-state index < -0.39 is 28.4 Å². The predicted molar refractivity (Wildman–Crippen MR) is 133 cm³/mol. The van der Waals surface area contributed by atoms with Gasteiger partial charge < -0.3 is 10.0 Å². The Labute approximate surface area is 211 Å². The number of aliphatic hydroxyl groups excluding tert-OH is 1. The second kappa shape index (κ2) is 9.50. The predicted octanol–water partition coefficient (Wildman–Crippen LogP) is 4.11. The molecule has 3 heterocycles. The molecule has 0 aliphatic carbocycles. The fourth-order valence-electron chi connectivity index (χ4n) is 4.50. The fourth-order valence-corrected chi connectivity index (χ4v) is 4.50. The normalized spacial score (nSPS) is 16.8. The lowest BCUT2D eigenvalue weighted by atomic mass is 9.95. The third kappa shape index (κ3) is 4.25. The van der Waals surface area contributed by atoms with E-state index in [9.17, 15) is 24.8 Å². The number of carbonyl (C=O) groups is 2. The van der Waals surface area contributed by atoms with Crippen LogP contribution in [0.3, 0.4) is 0 Å². The van der Waals surface area contributed by atoms with E-state index in [4.69, 9.17) is 0 Å². The molecule has 1 aliphatic rings. The summed E-state index contributed by atoms with van der Waals surface area (Å²) in [5.41, 5.74) is 2.22. The highest BCUT2D eigenvalue weighted by Gasteiger charge is 2.46. The van der Waals surface area contributed by atoms with Crippen LogP contribution in [0.4, 0.5) is 5.69 Å². The summed E-state index contributed by atoms with van der Waals surface area (Å²) in [5, 5.41) is 27.2. The number of nitro benzene ring substituents is 1. The molecule has 1 saturated heterocycles. The Morgan fingerprint density at radius 1 is 1.05 bits per heavy atom. The molecule has 1 fully saturated rings. The maximum atomic E-state index is 13.3. The number of aliphatic hydroxyl groups is 1. The van der Waals surface area contributed by atoms with Crippen molar-refractivity contribution in [1.82, 2.24) is 19.7 Å². The first-order chi connectivity index (χ1) is 17.9. The first kappa shape index (κ1) is 23.6. The van der Waals surface area contributed by atoms with Gasteiger partial charge >= 0.3 is 0 Å². The van der Waals surface area contributed by atoms with Gasteiger partial charge in [0.05, 0.1) is 39.7 Å². The maximum Gasteiger partial charge on any atom is 0.295 e.